The first kappa shape index (κ1) is 9.96. The van der Waals surface area contributed by atoms with Crippen molar-refractivity contribution in [3.63, 3.8) is 0 Å². The number of hydrogen-bond acceptors (Lipinski definition) is 2. The van der Waals surface area contributed by atoms with Crippen LogP contribution in [0, 0.1) is 12.8 Å². The van der Waals surface area contributed by atoms with Gasteiger partial charge in [0.15, 0.2) is 0 Å². The van der Waals surface area contributed by atoms with Gasteiger partial charge in [0.2, 0.25) is 0 Å². The van der Waals surface area contributed by atoms with Gasteiger partial charge in [0.05, 0.1) is 17.3 Å². The third-order valence-electron chi connectivity index (χ3n) is 2.46. The summed E-state index contributed by atoms with van der Waals surface area (Å²) in [6, 6.07) is 4.05. The van der Waals surface area contributed by atoms with Crippen LogP contribution >= 0.6 is 0 Å². The second-order valence-corrected chi connectivity index (χ2v) is 3.60. The fourth-order valence-electron chi connectivity index (χ4n) is 1.49. The Morgan fingerprint density at radius 3 is 2.87 bits per heavy atom. The van der Waals surface area contributed by atoms with Crippen molar-refractivity contribution in [2.24, 2.45) is 0 Å². The Labute approximate surface area is 89.3 Å². The minimum absolute atomic E-state index is 0.898. The summed E-state index contributed by atoms with van der Waals surface area (Å²) in [5, 5.41) is 11.6. The molecule has 0 fully saturated rings. The number of nitrogens with one attached hydrogen (secondary N) is 1. The quantitative estimate of drug-likeness (QED) is 0.828. The molecule has 0 atom stereocenters. The van der Waals surface area contributed by atoms with Gasteiger partial charge in [0, 0.05) is 18.4 Å². The first-order chi connectivity index (χ1) is 7.20. The largest absolute Gasteiger partial charge is 0.281 e. The summed E-state index contributed by atoms with van der Waals surface area (Å²) >= 11 is 0. The molecule has 2 rings (SSSR count). The highest BCUT2D eigenvalue weighted by Crippen LogP contribution is 2.19. The lowest BCUT2D eigenvalue weighted by molar-refractivity contribution is 0.651. The molecule has 0 aliphatic rings. The topological polar surface area (TPSA) is 46.5 Å². The standard InChI is InChI=1S/C11H15N4/c1-4-15-6-5-10(14-15)9(3)11-7-8(2)12-13-11/h5-7H,4H2,1-3H3,(H,12,13). The maximum atomic E-state index is 4.45. The molecule has 0 saturated heterocycles. The summed E-state index contributed by atoms with van der Waals surface area (Å²) < 4.78 is 1.92. The predicted molar refractivity (Wildman–Crippen MR) is 58.3 cm³/mol. The molecule has 0 aliphatic carbocycles. The van der Waals surface area contributed by atoms with Crippen molar-refractivity contribution in [2.45, 2.75) is 27.3 Å². The summed E-state index contributed by atoms with van der Waals surface area (Å²) in [6.07, 6.45) is 1.99. The SMILES string of the molecule is CCn1ccc([C](C)c2cc(C)n[nH]2)n1. The summed E-state index contributed by atoms with van der Waals surface area (Å²) in [5.41, 5.74) is 3.04. The Bertz CT molecular complexity index is 441. The third-order valence-corrected chi connectivity index (χ3v) is 2.46. The van der Waals surface area contributed by atoms with Crippen LogP contribution < -0.4 is 0 Å². The molecule has 0 aromatic carbocycles. The lowest BCUT2D eigenvalue weighted by atomic mass is 10.0. The molecule has 0 aliphatic heterocycles. The van der Waals surface area contributed by atoms with Gasteiger partial charge in [0.1, 0.15) is 0 Å². The second kappa shape index (κ2) is 3.88. The van der Waals surface area contributed by atoms with Gasteiger partial charge < -0.3 is 0 Å². The van der Waals surface area contributed by atoms with Crippen molar-refractivity contribution in [3.8, 4) is 0 Å². The molecule has 4 heteroatoms. The number of hydrogen-bond donors (Lipinski definition) is 1. The van der Waals surface area contributed by atoms with Crippen molar-refractivity contribution >= 4 is 0 Å². The highest BCUT2D eigenvalue weighted by molar-refractivity contribution is 5.36. The van der Waals surface area contributed by atoms with Gasteiger partial charge in [-0.1, -0.05) is 0 Å². The normalized spacial score (nSPS) is 11.2. The first-order valence-electron chi connectivity index (χ1n) is 5.10. The predicted octanol–water partition coefficient (Wildman–Crippen LogP) is 1.93. The van der Waals surface area contributed by atoms with Gasteiger partial charge >= 0.3 is 0 Å². The molecule has 2 aromatic rings. The lowest BCUT2D eigenvalue weighted by Gasteiger charge is -2.03. The van der Waals surface area contributed by atoms with Gasteiger partial charge in [-0.2, -0.15) is 10.2 Å². The molecule has 0 bridgehead atoms. The van der Waals surface area contributed by atoms with Crippen LogP contribution in [0.2, 0.25) is 0 Å². The molecule has 0 amide bonds. The van der Waals surface area contributed by atoms with Crippen LogP contribution in [-0.2, 0) is 6.54 Å². The van der Waals surface area contributed by atoms with E-state index < -0.39 is 0 Å². The molecule has 2 aromatic heterocycles. The van der Waals surface area contributed by atoms with Crippen LogP contribution in [0.5, 0.6) is 0 Å². The van der Waals surface area contributed by atoms with Crippen LogP contribution in [0.25, 0.3) is 0 Å². The number of H-pyrrole nitrogens is 1. The zero-order valence-electron chi connectivity index (χ0n) is 9.28. The van der Waals surface area contributed by atoms with E-state index in [0.717, 1.165) is 29.5 Å². The molecule has 79 valence electrons. The van der Waals surface area contributed by atoms with Crippen LogP contribution in [0.1, 0.15) is 30.9 Å². The molecule has 0 saturated carbocycles. The molecule has 1 radical (unpaired) electrons. The molecule has 0 unspecified atom stereocenters. The highest BCUT2D eigenvalue weighted by atomic mass is 15.3. The van der Waals surface area contributed by atoms with E-state index in [1.807, 2.05) is 29.9 Å². The zero-order chi connectivity index (χ0) is 10.8. The van der Waals surface area contributed by atoms with E-state index in [1.54, 1.807) is 0 Å². The van der Waals surface area contributed by atoms with E-state index in [9.17, 15) is 0 Å². The molecule has 4 nitrogen and oxygen atoms in total. The minimum atomic E-state index is 0.898. The van der Waals surface area contributed by atoms with Gasteiger partial charge in [0.25, 0.3) is 0 Å². The molecular weight excluding hydrogens is 188 g/mol. The highest BCUT2D eigenvalue weighted by Gasteiger charge is 2.14. The lowest BCUT2D eigenvalue weighted by Crippen LogP contribution is -2.01. The fourth-order valence-corrected chi connectivity index (χ4v) is 1.49. The Hall–Kier alpha value is -1.58. The van der Waals surface area contributed by atoms with Crippen LogP contribution in [0.3, 0.4) is 0 Å². The Kier molecular flexibility index (Phi) is 2.58. The van der Waals surface area contributed by atoms with E-state index in [-0.39, 0.29) is 0 Å². The van der Waals surface area contributed by atoms with Crippen molar-refractivity contribution in [1.29, 1.82) is 0 Å². The third kappa shape index (κ3) is 1.93. The number of aryl methyl sites for hydroxylation is 2. The Morgan fingerprint density at radius 2 is 2.33 bits per heavy atom. The number of aromatic nitrogens is 4. The van der Waals surface area contributed by atoms with E-state index in [4.69, 9.17) is 0 Å². The van der Waals surface area contributed by atoms with Crippen molar-refractivity contribution < 1.29 is 0 Å². The van der Waals surface area contributed by atoms with E-state index in [1.165, 1.54) is 0 Å². The van der Waals surface area contributed by atoms with Gasteiger partial charge in [-0.05, 0) is 32.9 Å². The fraction of sp³-hybridized carbons (Fsp3) is 0.364. The van der Waals surface area contributed by atoms with E-state index in [0.29, 0.717) is 0 Å². The summed E-state index contributed by atoms with van der Waals surface area (Å²) in [5.74, 6) is 1.13. The van der Waals surface area contributed by atoms with Gasteiger partial charge in [-0.25, -0.2) is 0 Å². The number of rotatable bonds is 3. The average molecular weight is 203 g/mol. The van der Waals surface area contributed by atoms with E-state index in [2.05, 4.69) is 29.1 Å². The first-order valence-corrected chi connectivity index (χ1v) is 5.10. The smallest absolute Gasteiger partial charge is 0.0756 e. The Morgan fingerprint density at radius 1 is 1.53 bits per heavy atom. The number of aromatic amines is 1. The molecule has 15 heavy (non-hydrogen) atoms. The van der Waals surface area contributed by atoms with Crippen LogP contribution in [0.15, 0.2) is 18.3 Å². The van der Waals surface area contributed by atoms with Crippen molar-refractivity contribution in [2.75, 3.05) is 0 Å². The maximum Gasteiger partial charge on any atom is 0.0756 e. The zero-order valence-corrected chi connectivity index (χ0v) is 9.28. The average Bonchev–Trinajstić information content (AvgIpc) is 2.84. The minimum Gasteiger partial charge on any atom is -0.281 e. The van der Waals surface area contributed by atoms with E-state index >= 15 is 0 Å². The van der Waals surface area contributed by atoms with Crippen LogP contribution in [-0.4, -0.2) is 20.0 Å². The maximum absolute atomic E-state index is 4.45. The summed E-state index contributed by atoms with van der Waals surface area (Å²) in [4.78, 5) is 0. The molecule has 2 heterocycles. The van der Waals surface area contributed by atoms with Crippen molar-refractivity contribution in [1.82, 2.24) is 20.0 Å². The second-order valence-electron chi connectivity index (χ2n) is 3.60. The van der Waals surface area contributed by atoms with Gasteiger partial charge in [-0.15, -0.1) is 0 Å². The molecule has 0 spiro atoms. The summed E-state index contributed by atoms with van der Waals surface area (Å²) in [6.45, 7) is 6.99. The van der Waals surface area contributed by atoms with Crippen LogP contribution in [0.4, 0.5) is 0 Å². The molecular formula is C11H15N4. The summed E-state index contributed by atoms with van der Waals surface area (Å²) in [7, 11) is 0. The number of nitrogens with zero attached hydrogens (tertiary/aromatic N) is 3. The monoisotopic (exact) mass is 203 g/mol. The van der Waals surface area contributed by atoms with Gasteiger partial charge in [-0.3, -0.25) is 9.78 Å². The molecule has 1 N–H and O–H groups in total. The Balaban J connectivity index is 2.23. The van der Waals surface area contributed by atoms with Crippen molar-refractivity contribution in [3.05, 3.63) is 41.3 Å².